The van der Waals surface area contributed by atoms with Crippen molar-refractivity contribution in [1.29, 1.82) is 0 Å². The molecule has 17 heavy (non-hydrogen) atoms. The van der Waals surface area contributed by atoms with Gasteiger partial charge in [0.2, 0.25) is 0 Å². The van der Waals surface area contributed by atoms with Crippen LogP contribution in [0.25, 0.3) is 0 Å². The van der Waals surface area contributed by atoms with E-state index in [-0.39, 0.29) is 12.1 Å². The van der Waals surface area contributed by atoms with Gasteiger partial charge in [0.15, 0.2) is 0 Å². The topological polar surface area (TPSA) is 41.1 Å². The summed E-state index contributed by atoms with van der Waals surface area (Å²) >= 11 is 0. The predicted octanol–water partition coefficient (Wildman–Crippen LogP) is 3.14. The summed E-state index contributed by atoms with van der Waals surface area (Å²) in [6.45, 7) is 9.46. The molecule has 2 N–H and O–H groups in total. The third kappa shape index (κ3) is 4.31. The Morgan fingerprint density at radius 1 is 1.35 bits per heavy atom. The Kier molecular flexibility index (Phi) is 4.76. The van der Waals surface area contributed by atoms with Crippen LogP contribution in [-0.2, 0) is 6.42 Å². The summed E-state index contributed by atoms with van der Waals surface area (Å²) < 4.78 is 0. The summed E-state index contributed by atoms with van der Waals surface area (Å²) in [4.78, 5) is 11.5. The molecule has 0 saturated carbocycles. The number of rotatable bonds is 4. The van der Waals surface area contributed by atoms with Crippen LogP contribution >= 0.6 is 0 Å². The maximum Gasteiger partial charge on any atom is 0.319 e. The Labute approximate surface area is 103 Å². The Morgan fingerprint density at radius 3 is 2.41 bits per heavy atom. The molecule has 0 aliphatic heterocycles. The van der Waals surface area contributed by atoms with Crippen LogP contribution in [0.15, 0.2) is 36.5 Å². The van der Waals surface area contributed by atoms with Gasteiger partial charge in [-0.1, -0.05) is 37.8 Å². The third-order valence-electron chi connectivity index (χ3n) is 2.56. The predicted molar refractivity (Wildman–Crippen MR) is 70.7 cm³/mol. The molecule has 0 aromatic heterocycles. The molecular weight excluding hydrogens is 212 g/mol. The van der Waals surface area contributed by atoms with Crippen molar-refractivity contribution in [2.45, 2.75) is 33.2 Å². The molecule has 0 fully saturated rings. The van der Waals surface area contributed by atoms with Crippen molar-refractivity contribution in [3.63, 3.8) is 0 Å². The molecule has 92 valence electrons. The van der Waals surface area contributed by atoms with Crippen molar-refractivity contribution in [1.82, 2.24) is 10.6 Å². The number of aryl methyl sites for hydroxylation is 1. The first-order valence-corrected chi connectivity index (χ1v) is 5.84. The Morgan fingerprint density at radius 2 is 1.94 bits per heavy atom. The van der Waals surface area contributed by atoms with Crippen molar-refractivity contribution in [3.8, 4) is 0 Å². The first-order chi connectivity index (χ1) is 8.02. The first-order valence-electron chi connectivity index (χ1n) is 5.84. The smallest absolute Gasteiger partial charge is 0.319 e. The normalized spacial score (nSPS) is 11.7. The minimum Gasteiger partial charge on any atom is -0.331 e. The molecule has 0 bridgehead atoms. The van der Waals surface area contributed by atoms with E-state index < -0.39 is 0 Å². The second-order valence-electron chi connectivity index (χ2n) is 4.20. The maximum absolute atomic E-state index is 11.5. The zero-order chi connectivity index (χ0) is 12.8. The van der Waals surface area contributed by atoms with Crippen LogP contribution in [0.5, 0.6) is 0 Å². The van der Waals surface area contributed by atoms with Crippen molar-refractivity contribution < 1.29 is 4.79 Å². The summed E-state index contributed by atoms with van der Waals surface area (Å²) in [5, 5.41) is 5.48. The number of amides is 2. The molecule has 0 aliphatic rings. The van der Waals surface area contributed by atoms with Gasteiger partial charge in [0.1, 0.15) is 0 Å². The van der Waals surface area contributed by atoms with Gasteiger partial charge in [-0.3, -0.25) is 0 Å². The van der Waals surface area contributed by atoms with E-state index in [0.717, 1.165) is 12.0 Å². The van der Waals surface area contributed by atoms with Gasteiger partial charge < -0.3 is 10.6 Å². The Balaban J connectivity index is 2.59. The summed E-state index contributed by atoms with van der Waals surface area (Å²) in [7, 11) is 0. The summed E-state index contributed by atoms with van der Waals surface area (Å²) in [6.07, 6.45) is 1.03. The largest absolute Gasteiger partial charge is 0.331 e. The first kappa shape index (κ1) is 13.3. The fraction of sp³-hybridized carbons (Fsp3) is 0.357. The van der Waals surface area contributed by atoms with Gasteiger partial charge >= 0.3 is 6.03 Å². The van der Waals surface area contributed by atoms with E-state index in [4.69, 9.17) is 0 Å². The van der Waals surface area contributed by atoms with Crippen molar-refractivity contribution in [2.75, 3.05) is 0 Å². The quantitative estimate of drug-likeness (QED) is 0.822. The average Bonchev–Trinajstić information content (AvgIpc) is 2.28. The van der Waals surface area contributed by atoms with Crippen LogP contribution < -0.4 is 10.6 Å². The molecule has 0 aliphatic carbocycles. The van der Waals surface area contributed by atoms with E-state index in [0.29, 0.717) is 5.70 Å². The molecule has 0 saturated heterocycles. The minimum absolute atomic E-state index is 0.0137. The molecule has 1 unspecified atom stereocenters. The lowest BCUT2D eigenvalue weighted by Crippen LogP contribution is -2.35. The number of carbonyl (C=O) groups is 1. The zero-order valence-electron chi connectivity index (χ0n) is 10.7. The average molecular weight is 232 g/mol. The van der Waals surface area contributed by atoms with Crippen molar-refractivity contribution in [3.05, 3.63) is 47.7 Å². The molecule has 3 nitrogen and oxygen atoms in total. The number of carbonyl (C=O) groups excluding carboxylic acids is 1. The summed E-state index contributed by atoms with van der Waals surface area (Å²) in [5.41, 5.74) is 3.03. The molecule has 1 rings (SSSR count). The standard InChI is InChI=1S/C14H20N2O/c1-5-12-6-8-13(9-7-12)11(4)16-14(17)15-10(2)3/h6-9,11H,2,5H2,1,3-4H3,(H2,15,16,17). The lowest BCUT2D eigenvalue weighted by molar-refractivity contribution is 0.240. The highest BCUT2D eigenvalue weighted by atomic mass is 16.2. The van der Waals surface area contributed by atoms with Crippen LogP contribution in [0.4, 0.5) is 4.79 Å². The molecule has 1 atom stereocenters. The van der Waals surface area contributed by atoms with Gasteiger partial charge in [-0.15, -0.1) is 0 Å². The van der Waals surface area contributed by atoms with Gasteiger partial charge in [-0.2, -0.15) is 0 Å². The number of nitrogens with one attached hydrogen (secondary N) is 2. The highest BCUT2D eigenvalue weighted by molar-refractivity contribution is 5.76. The molecule has 3 heteroatoms. The second-order valence-corrected chi connectivity index (χ2v) is 4.20. The lowest BCUT2D eigenvalue weighted by atomic mass is 10.1. The summed E-state index contributed by atoms with van der Waals surface area (Å²) in [6, 6.07) is 8.04. The zero-order valence-corrected chi connectivity index (χ0v) is 10.7. The fourth-order valence-corrected chi connectivity index (χ4v) is 1.55. The minimum atomic E-state index is -0.218. The molecular formula is C14H20N2O. The number of hydrogen-bond acceptors (Lipinski definition) is 1. The van der Waals surface area contributed by atoms with Crippen molar-refractivity contribution >= 4 is 6.03 Å². The monoisotopic (exact) mass is 232 g/mol. The number of hydrogen-bond donors (Lipinski definition) is 2. The number of urea groups is 1. The van der Waals surface area contributed by atoms with E-state index in [1.807, 2.05) is 19.1 Å². The van der Waals surface area contributed by atoms with Gasteiger partial charge in [0.05, 0.1) is 6.04 Å². The van der Waals surface area contributed by atoms with E-state index in [1.165, 1.54) is 5.56 Å². The van der Waals surface area contributed by atoms with Crippen LogP contribution in [0.1, 0.15) is 37.9 Å². The Bertz CT molecular complexity index is 395. The molecule has 0 radical (unpaired) electrons. The number of benzene rings is 1. The van der Waals surface area contributed by atoms with Gasteiger partial charge in [-0.05, 0) is 31.4 Å². The van der Waals surface area contributed by atoms with Crippen LogP contribution in [0, 0.1) is 0 Å². The fourth-order valence-electron chi connectivity index (χ4n) is 1.55. The molecule has 1 aromatic carbocycles. The lowest BCUT2D eigenvalue weighted by Gasteiger charge is -2.15. The van der Waals surface area contributed by atoms with E-state index in [1.54, 1.807) is 6.92 Å². The second kappa shape index (κ2) is 6.09. The molecule has 0 heterocycles. The Hall–Kier alpha value is -1.77. The van der Waals surface area contributed by atoms with Gasteiger partial charge in [-0.25, -0.2) is 4.79 Å². The highest BCUT2D eigenvalue weighted by Crippen LogP contribution is 2.13. The van der Waals surface area contributed by atoms with E-state index >= 15 is 0 Å². The molecule has 0 spiro atoms. The van der Waals surface area contributed by atoms with E-state index in [9.17, 15) is 4.79 Å². The maximum atomic E-state index is 11.5. The summed E-state index contributed by atoms with van der Waals surface area (Å²) in [5.74, 6) is 0. The van der Waals surface area contributed by atoms with Crippen LogP contribution in [-0.4, -0.2) is 6.03 Å². The van der Waals surface area contributed by atoms with Gasteiger partial charge in [0.25, 0.3) is 0 Å². The van der Waals surface area contributed by atoms with E-state index in [2.05, 4.69) is 36.3 Å². The van der Waals surface area contributed by atoms with Gasteiger partial charge in [0, 0.05) is 5.70 Å². The highest BCUT2D eigenvalue weighted by Gasteiger charge is 2.08. The van der Waals surface area contributed by atoms with Crippen LogP contribution in [0.3, 0.4) is 0 Å². The van der Waals surface area contributed by atoms with Crippen molar-refractivity contribution in [2.24, 2.45) is 0 Å². The molecule has 1 aromatic rings. The third-order valence-corrected chi connectivity index (χ3v) is 2.56. The van der Waals surface area contributed by atoms with Crippen LogP contribution in [0.2, 0.25) is 0 Å². The number of allylic oxidation sites excluding steroid dienone is 1. The SMILES string of the molecule is C=C(C)NC(=O)NC(C)c1ccc(CC)cc1. The molecule has 2 amide bonds.